The van der Waals surface area contributed by atoms with Crippen LogP contribution in [-0.2, 0) is 24.3 Å². The molecule has 0 saturated heterocycles. The lowest BCUT2D eigenvalue weighted by atomic mass is 10.1. The van der Waals surface area contributed by atoms with Gasteiger partial charge in [0.2, 0.25) is 5.91 Å². The summed E-state index contributed by atoms with van der Waals surface area (Å²) in [6.07, 6.45) is 2.67. The zero-order valence-corrected chi connectivity index (χ0v) is 19.5. The highest BCUT2D eigenvalue weighted by Crippen LogP contribution is 2.19. The van der Waals surface area contributed by atoms with Gasteiger partial charge >= 0.3 is 0 Å². The summed E-state index contributed by atoms with van der Waals surface area (Å²) in [5.41, 5.74) is 2.49. The molecular weight excluding hydrogens is 438 g/mol. The zero-order valence-electron chi connectivity index (χ0n) is 18.7. The first kappa shape index (κ1) is 24.1. The molecule has 0 bridgehead atoms. The molecule has 0 aliphatic carbocycles. The molecule has 0 atom stereocenters. The summed E-state index contributed by atoms with van der Waals surface area (Å²) in [6, 6.07) is 14.6. The fourth-order valence-electron chi connectivity index (χ4n) is 3.02. The molecule has 0 spiro atoms. The fraction of sp³-hybridized carbons (Fsp3) is 0.250. The van der Waals surface area contributed by atoms with E-state index in [1.54, 1.807) is 37.5 Å². The van der Waals surface area contributed by atoms with Crippen molar-refractivity contribution in [3.8, 4) is 5.75 Å². The van der Waals surface area contributed by atoms with Gasteiger partial charge in [0.05, 0.1) is 19.4 Å². The molecule has 9 heteroatoms. The maximum Gasteiger partial charge on any atom is 0.251 e. The van der Waals surface area contributed by atoms with Crippen LogP contribution in [0.4, 0.5) is 5.69 Å². The Kier molecular flexibility index (Phi) is 8.65. The van der Waals surface area contributed by atoms with Crippen LogP contribution in [0.3, 0.4) is 0 Å². The third-order valence-electron chi connectivity index (χ3n) is 4.84. The Labute approximate surface area is 197 Å². The number of rotatable bonds is 11. The first-order valence-electron chi connectivity index (χ1n) is 10.5. The Balaban J connectivity index is 1.57. The Morgan fingerprint density at radius 1 is 1.12 bits per heavy atom. The number of allylic oxidation sites excluding steroid dienone is 1. The van der Waals surface area contributed by atoms with Crippen LogP contribution in [0, 0.1) is 0 Å². The highest BCUT2D eigenvalue weighted by atomic mass is 32.2. The Hall–Kier alpha value is -3.59. The molecule has 33 heavy (non-hydrogen) atoms. The minimum absolute atomic E-state index is 0.133. The van der Waals surface area contributed by atoms with Crippen LogP contribution in [0.5, 0.6) is 5.75 Å². The van der Waals surface area contributed by atoms with Crippen molar-refractivity contribution in [2.45, 2.75) is 31.6 Å². The topological polar surface area (TPSA) is 98.1 Å². The summed E-state index contributed by atoms with van der Waals surface area (Å²) in [5, 5.41) is 14.7. The number of nitrogens with one attached hydrogen (secondary N) is 2. The number of benzene rings is 2. The number of nitrogens with zero attached hydrogens (tertiary/aromatic N) is 3. The number of anilines is 1. The number of ether oxygens (including phenoxy) is 1. The average molecular weight is 466 g/mol. The second-order valence-corrected chi connectivity index (χ2v) is 8.04. The minimum atomic E-state index is -0.228. The standard InChI is InChI=1S/C24H27N5O3S/c1-4-14-29-21(15-25-23(31)18-8-12-20(32-3)13-9-18)27-28-24(29)33-16-22(30)26-19-10-6-17(5-2)7-11-19/h4,6-13H,1,5,14-16H2,2-3H3,(H,25,31)(H,26,30). The number of thioether (sulfide) groups is 1. The zero-order chi connectivity index (χ0) is 23.6. The normalized spacial score (nSPS) is 10.5. The van der Waals surface area contributed by atoms with E-state index in [0.29, 0.717) is 28.8 Å². The van der Waals surface area contributed by atoms with Gasteiger partial charge in [0.15, 0.2) is 11.0 Å². The van der Waals surface area contributed by atoms with E-state index < -0.39 is 0 Å². The number of carbonyl (C=O) groups is 2. The summed E-state index contributed by atoms with van der Waals surface area (Å²) in [4.78, 5) is 24.8. The highest BCUT2D eigenvalue weighted by Gasteiger charge is 2.15. The average Bonchev–Trinajstić information content (AvgIpc) is 3.23. The number of hydrogen-bond donors (Lipinski definition) is 2. The van der Waals surface area contributed by atoms with Gasteiger partial charge in [0, 0.05) is 17.8 Å². The molecule has 0 saturated carbocycles. The monoisotopic (exact) mass is 465 g/mol. The van der Waals surface area contributed by atoms with Crippen LogP contribution in [0.15, 0.2) is 66.3 Å². The molecule has 3 rings (SSSR count). The number of hydrogen-bond acceptors (Lipinski definition) is 6. The fourth-order valence-corrected chi connectivity index (χ4v) is 3.79. The van der Waals surface area contributed by atoms with Crippen LogP contribution < -0.4 is 15.4 Å². The van der Waals surface area contributed by atoms with Crippen molar-refractivity contribution in [3.05, 3.63) is 78.1 Å². The SMILES string of the molecule is C=CCn1c(CNC(=O)c2ccc(OC)cc2)nnc1SCC(=O)Nc1ccc(CC)cc1. The molecule has 8 nitrogen and oxygen atoms in total. The van der Waals surface area contributed by atoms with E-state index in [2.05, 4.69) is 34.3 Å². The third-order valence-corrected chi connectivity index (χ3v) is 5.81. The van der Waals surface area contributed by atoms with E-state index in [1.807, 2.05) is 28.8 Å². The maximum atomic E-state index is 12.4. The second-order valence-electron chi connectivity index (χ2n) is 7.10. The largest absolute Gasteiger partial charge is 0.497 e. The number of methoxy groups -OCH3 is 1. The molecule has 3 aromatic rings. The van der Waals surface area contributed by atoms with Crippen LogP contribution in [0.25, 0.3) is 0 Å². The Morgan fingerprint density at radius 3 is 2.48 bits per heavy atom. The van der Waals surface area contributed by atoms with Gasteiger partial charge < -0.3 is 19.9 Å². The highest BCUT2D eigenvalue weighted by molar-refractivity contribution is 7.99. The van der Waals surface area contributed by atoms with Gasteiger partial charge in [0.1, 0.15) is 5.75 Å². The summed E-state index contributed by atoms with van der Waals surface area (Å²) in [7, 11) is 1.57. The van der Waals surface area contributed by atoms with Crippen LogP contribution in [0.1, 0.15) is 28.7 Å². The molecule has 0 fully saturated rings. The second kappa shape index (κ2) is 11.9. The van der Waals surface area contributed by atoms with Crippen molar-refractivity contribution >= 4 is 29.3 Å². The molecule has 0 aliphatic rings. The molecule has 0 aliphatic heterocycles. The van der Waals surface area contributed by atoms with Crippen molar-refractivity contribution in [2.75, 3.05) is 18.2 Å². The van der Waals surface area contributed by atoms with E-state index in [1.165, 1.54) is 17.3 Å². The molecule has 2 aromatic carbocycles. The first-order chi connectivity index (χ1) is 16.0. The number of aromatic nitrogens is 3. The van der Waals surface area contributed by atoms with Gasteiger partial charge in [-0.2, -0.15) is 0 Å². The summed E-state index contributed by atoms with van der Waals surface area (Å²) in [6.45, 7) is 6.52. The lowest BCUT2D eigenvalue weighted by Crippen LogP contribution is -2.24. The summed E-state index contributed by atoms with van der Waals surface area (Å²) in [5.74, 6) is 1.08. The van der Waals surface area contributed by atoms with Crippen molar-refractivity contribution < 1.29 is 14.3 Å². The van der Waals surface area contributed by atoms with Crippen LogP contribution in [0.2, 0.25) is 0 Å². The minimum Gasteiger partial charge on any atom is -0.497 e. The number of carbonyl (C=O) groups excluding carboxylic acids is 2. The van der Waals surface area contributed by atoms with E-state index >= 15 is 0 Å². The van der Waals surface area contributed by atoms with E-state index in [0.717, 1.165) is 12.1 Å². The summed E-state index contributed by atoms with van der Waals surface area (Å²) < 4.78 is 6.94. The lowest BCUT2D eigenvalue weighted by molar-refractivity contribution is -0.113. The third kappa shape index (κ3) is 6.69. The van der Waals surface area contributed by atoms with E-state index in [-0.39, 0.29) is 24.1 Å². The number of aryl methyl sites for hydroxylation is 1. The molecule has 2 N–H and O–H groups in total. The molecule has 172 valence electrons. The molecule has 0 radical (unpaired) electrons. The van der Waals surface area contributed by atoms with Crippen molar-refractivity contribution in [3.63, 3.8) is 0 Å². The first-order valence-corrected chi connectivity index (χ1v) is 11.5. The van der Waals surface area contributed by atoms with Crippen molar-refractivity contribution in [2.24, 2.45) is 0 Å². The maximum absolute atomic E-state index is 12.4. The van der Waals surface area contributed by atoms with Gasteiger partial charge in [-0.1, -0.05) is 36.9 Å². The molecular formula is C24H27N5O3S. The van der Waals surface area contributed by atoms with Crippen molar-refractivity contribution in [1.29, 1.82) is 0 Å². The Bertz CT molecular complexity index is 1090. The smallest absolute Gasteiger partial charge is 0.251 e. The molecule has 0 unspecified atom stereocenters. The van der Waals surface area contributed by atoms with Gasteiger partial charge in [0.25, 0.3) is 5.91 Å². The van der Waals surface area contributed by atoms with E-state index in [4.69, 9.17) is 4.74 Å². The van der Waals surface area contributed by atoms with Gasteiger partial charge in [-0.3, -0.25) is 9.59 Å². The Morgan fingerprint density at radius 2 is 1.85 bits per heavy atom. The quantitative estimate of drug-likeness (QED) is 0.331. The molecule has 1 aromatic heterocycles. The van der Waals surface area contributed by atoms with Gasteiger partial charge in [-0.15, -0.1) is 16.8 Å². The van der Waals surface area contributed by atoms with Crippen molar-refractivity contribution in [1.82, 2.24) is 20.1 Å². The molecule has 2 amide bonds. The predicted octanol–water partition coefficient (Wildman–Crippen LogP) is 3.70. The lowest BCUT2D eigenvalue weighted by Gasteiger charge is -2.09. The van der Waals surface area contributed by atoms with Crippen LogP contribution in [-0.4, -0.2) is 39.4 Å². The predicted molar refractivity (Wildman–Crippen MR) is 130 cm³/mol. The van der Waals surface area contributed by atoms with Gasteiger partial charge in [-0.05, 0) is 48.4 Å². The molecule has 1 heterocycles. The van der Waals surface area contributed by atoms with Gasteiger partial charge in [-0.25, -0.2) is 0 Å². The summed E-state index contributed by atoms with van der Waals surface area (Å²) >= 11 is 1.28. The number of amides is 2. The van der Waals surface area contributed by atoms with E-state index in [9.17, 15) is 9.59 Å². The van der Waals surface area contributed by atoms with Crippen LogP contribution >= 0.6 is 11.8 Å².